The van der Waals surface area contributed by atoms with Crippen molar-refractivity contribution in [3.63, 3.8) is 0 Å². The molecule has 7 heteroatoms. The smallest absolute Gasteiger partial charge is 0.262 e. The number of benzene rings is 1. The molecule has 2 aromatic rings. The fourth-order valence-corrected chi connectivity index (χ4v) is 4.64. The van der Waals surface area contributed by atoms with E-state index in [0.29, 0.717) is 41.0 Å². The molecule has 0 aliphatic heterocycles. The zero-order chi connectivity index (χ0) is 20.1. The molecule has 1 aliphatic rings. The Labute approximate surface area is 170 Å². The average Bonchev–Trinajstić information content (AvgIpc) is 2.69. The minimum atomic E-state index is -0.0970. The number of ether oxygens (including phenoxy) is 1. The standard InChI is InChI=1S/C21H29N3O3S/c1-14-7-6-10-17(15(14)2)22-19(25)13-28-21-23-18-9-5-4-8-16(18)20(26)24(21)11-12-27-3/h4-5,8-9,14-15,17H,6-7,10-13H2,1-3H3,(H,22,25)/t14-,15+,17-/m1/s1. The molecule has 0 saturated heterocycles. The Morgan fingerprint density at radius 1 is 1.32 bits per heavy atom. The predicted octanol–water partition coefficient (Wildman–Crippen LogP) is 3.08. The van der Waals surface area contributed by atoms with Gasteiger partial charge in [0.1, 0.15) is 0 Å². The van der Waals surface area contributed by atoms with Crippen LogP contribution >= 0.6 is 11.8 Å². The minimum absolute atomic E-state index is 0.00310. The van der Waals surface area contributed by atoms with Gasteiger partial charge in [-0.1, -0.05) is 50.6 Å². The van der Waals surface area contributed by atoms with Crippen LogP contribution in [-0.4, -0.2) is 41.0 Å². The van der Waals surface area contributed by atoms with Crippen molar-refractivity contribution in [1.82, 2.24) is 14.9 Å². The Balaban J connectivity index is 1.73. The van der Waals surface area contributed by atoms with Gasteiger partial charge in [-0.15, -0.1) is 0 Å². The number of nitrogens with zero attached hydrogens (tertiary/aromatic N) is 2. The number of rotatable bonds is 7. The van der Waals surface area contributed by atoms with Gasteiger partial charge in [-0.25, -0.2) is 4.98 Å². The summed E-state index contributed by atoms with van der Waals surface area (Å²) in [5, 5.41) is 4.32. The second-order valence-electron chi connectivity index (χ2n) is 7.59. The van der Waals surface area contributed by atoms with E-state index in [-0.39, 0.29) is 23.3 Å². The number of aromatic nitrogens is 2. The number of methoxy groups -OCH3 is 1. The Morgan fingerprint density at radius 3 is 2.89 bits per heavy atom. The number of carbonyl (C=O) groups is 1. The minimum Gasteiger partial charge on any atom is -0.383 e. The molecule has 1 saturated carbocycles. The van der Waals surface area contributed by atoms with Crippen molar-refractivity contribution in [3.8, 4) is 0 Å². The fraction of sp³-hybridized carbons (Fsp3) is 0.571. The van der Waals surface area contributed by atoms with Crippen LogP contribution < -0.4 is 10.9 Å². The lowest BCUT2D eigenvalue weighted by Gasteiger charge is -2.34. The first-order chi connectivity index (χ1) is 13.5. The van der Waals surface area contributed by atoms with E-state index in [2.05, 4.69) is 24.1 Å². The molecule has 1 fully saturated rings. The molecular formula is C21H29N3O3S. The maximum absolute atomic E-state index is 12.8. The molecule has 3 atom stereocenters. The number of hydrogen-bond acceptors (Lipinski definition) is 5. The average molecular weight is 404 g/mol. The van der Waals surface area contributed by atoms with Gasteiger partial charge < -0.3 is 10.1 Å². The van der Waals surface area contributed by atoms with E-state index in [4.69, 9.17) is 4.74 Å². The Kier molecular flexibility index (Phi) is 7.13. The summed E-state index contributed by atoms with van der Waals surface area (Å²) in [6, 6.07) is 7.53. The number of para-hydroxylation sites is 1. The van der Waals surface area contributed by atoms with Crippen LogP contribution in [0.4, 0.5) is 0 Å². The maximum Gasteiger partial charge on any atom is 0.262 e. The lowest BCUT2D eigenvalue weighted by molar-refractivity contribution is -0.120. The second kappa shape index (κ2) is 9.56. The van der Waals surface area contributed by atoms with Crippen molar-refractivity contribution in [2.45, 2.75) is 50.9 Å². The molecule has 6 nitrogen and oxygen atoms in total. The van der Waals surface area contributed by atoms with E-state index >= 15 is 0 Å². The fourth-order valence-electron chi connectivity index (χ4n) is 3.80. The van der Waals surface area contributed by atoms with Crippen LogP contribution in [-0.2, 0) is 16.1 Å². The van der Waals surface area contributed by atoms with E-state index in [1.54, 1.807) is 17.7 Å². The Bertz CT molecular complexity index is 883. The first-order valence-corrected chi connectivity index (χ1v) is 10.9. The van der Waals surface area contributed by atoms with E-state index < -0.39 is 0 Å². The number of hydrogen-bond donors (Lipinski definition) is 1. The maximum atomic E-state index is 12.8. The number of thioether (sulfide) groups is 1. The zero-order valence-corrected chi connectivity index (χ0v) is 17.6. The van der Waals surface area contributed by atoms with Crippen molar-refractivity contribution in [1.29, 1.82) is 0 Å². The lowest BCUT2D eigenvalue weighted by Crippen LogP contribution is -2.44. The van der Waals surface area contributed by atoms with Crippen LogP contribution in [0.2, 0.25) is 0 Å². The van der Waals surface area contributed by atoms with Gasteiger partial charge >= 0.3 is 0 Å². The largest absolute Gasteiger partial charge is 0.383 e. The van der Waals surface area contributed by atoms with E-state index in [0.717, 1.165) is 12.8 Å². The van der Waals surface area contributed by atoms with Crippen molar-refractivity contribution in [3.05, 3.63) is 34.6 Å². The summed E-state index contributed by atoms with van der Waals surface area (Å²) in [5.74, 6) is 1.36. The van der Waals surface area contributed by atoms with Gasteiger partial charge in [0.15, 0.2) is 5.16 Å². The van der Waals surface area contributed by atoms with Gasteiger partial charge in [-0.05, 0) is 30.4 Å². The van der Waals surface area contributed by atoms with Crippen LogP contribution in [0.25, 0.3) is 10.9 Å². The number of nitrogens with one attached hydrogen (secondary N) is 1. The van der Waals surface area contributed by atoms with Crippen LogP contribution in [0.3, 0.4) is 0 Å². The third-order valence-corrected chi connectivity index (χ3v) is 6.71. The van der Waals surface area contributed by atoms with Crippen LogP contribution in [0.5, 0.6) is 0 Å². The molecule has 0 spiro atoms. The van der Waals surface area contributed by atoms with Crippen molar-refractivity contribution in [2.75, 3.05) is 19.5 Å². The van der Waals surface area contributed by atoms with Crippen LogP contribution in [0.1, 0.15) is 33.1 Å². The van der Waals surface area contributed by atoms with Gasteiger partial charge in [0, 0.05) is 13.2 Å². The highest BCUT2D eigenvalue weighted by Gasteiger charge is 2.28. The number of amides is 1. The highest BCUT2D eigenvalue weighted by atomic mass is 32.2. The molecular weight excluding hydrogens is 374 g/mol. The summed E-state index contributed by atoms with van der Waals surface area (Å²) >= 11 is 1.31. The van der Waals surface area contributed by atoms with Crippen LogP contribution in [0.15, 0.2) is 34.2 Å². The molecule has 1 aliphatic carbocycles. The number of fused-ring (bicyclic) bond motifs is 1. The molecule has 1 amide bonds. The predicted molar refractivity (Wildman–Crippen MR) is 113 cm³/mol. The van der Waals surface area contributed by atoms with Crippen molar-refractivity contribution in [2.24, 2.45) is 11.8 Å². The lowest BCUT2D eigenvalue weighted by atomic mass is 9.78. The first-order valence-electron chi connectivity index (χ1n) is 9.92. The zero-order valence-electron chi connectivity index (χ0n) is 16.8. The van der Waals surface area contributed by atoms with E-state index in [1.807, 2.05) is 18.2 Å². The summed E-state index contributed by atoms with van der Waals surface area (Å²) in [4.78, 5) is 30.0. The molecule has 0 bridgehead atoms. The summed E-state index contributed by atoms with van der Waals surface area (Å²) in [6.45, 7) is 5.30. The third-order valence-electron chi connectivity index (χ3n) is 5.73. The van der Waals surface area contributed by atoms with E-state index in [1.165, 1.54) is 18.2 Å². The summed E-state index contributed by atoms with van der Waals surface area (Å²) in [7, 11) is 1.60. The molecule has 152 valence electrons. The Hall–Kier alpha value is -1.86. The first kappa shape index (κ1) is 20.9. The normalized spacial score (nSPS) is 22.3. The molecule has 0 radical (unpaired) electrons. The highest BCUT2D eigenvalue weighted by molar-refractivity contribution is 7.99. The van der Waals surface area contributed by atoms with Crippen LogP contribution in [0, 0.1) is 11.8 Å². The molecule has 3 rings (SSSR count). The molecule has 1 heterocycles. The van der Waals surface area contributed by atoms with Crippen molar-refractivity contribution < 1.29 is 9.53 Å². The summed E-state index contributed by atoms with van der Waals surface area (Å²) < 4.78 is 6.75. The molecule has 1 aromatic carbocycles. The Morgan fingerprint density at radius 2 is 2.11 bits per heavy atom. The summed E-state index contributed by atoms with van der Waals surface area (Å²) in [5.41, 5.74) is 0.555. The van der Waals surface area contributed by atoms with Gasteiger partial charge in [-0.3, -0.25) is 14.2 Å². The van der Waals surface area contributed by atoms with Crippen molar-refractivity contribution >= 4 is 28.6 Å². The quantitative estimate of drug-likeness (QED) is 0.568. The van der Waals surface area contributed by atoms with Gasteiger partial charge in [0.25, 0.3) is 5.56 Å². The highest BCUT2D eigenvalue weighted by Crippen LogP contribution is 2.29. The third kappa shape index (κ3) is 4.75. The molecule has 0 unspecified atom stereocenters. The molecule has 1 N–H and O–H groups in total. The molecule has 28 heavy (non-hydrogen) atoms. The molecule has 1 aromatic heterocycles. The monoisotopic (exact) mass is 403 g/mol. The van der Waals surface area contributed by atoms with Gasteiger partial charge in [0.05, 0.1) is 29.8 Å². The van der Waals surface area contributed by atoms with Gasteiger partial charge in [-0.2, -0.15) is 0 Å². The topological polar surface area (TPSA) is 73.2 Å². The van der Waals surface area contributed by atoms with Gasteiger partial charge in [0.2, 0.25) is 5.91 Å². The van der Waals surface area contributed by atoms with E-state index in [9.17, 15) is 9.59 Å². The number of carbonyl (C=O) groups excluding carboxylic acids is 1. The second-order valence-corrected chi connectivity index (χ2v) is 8.53. The summed E-state index contributed by atoms with van der Waals surface area (Å²) in [6.07, 6.45) is 3.43. The SMILES string of the molecule is COCCn1c(SCC(=O)N[C@@H]2CCC[C@@H](C)[C@@H]2C)nc2ccccc2c1=O.